The highest BCUT2D eigenvalue weighted by molar-refractivity contribution is 6.29. The molecule has 0 spiro atoms. The van der Waals surface area contributed by atoms with Gasteiger partial charge in [-0.3, -0.25) is 9.80 Å². The first kappa shape index (κ1) is 32.1. The Morgan fingerprint density at radius 1 is 0.565 bits per heavy atom. The molecular formula is C38H44N2O6. The fourth-order valence-corrected chi connectivity index (χ4v) is 6.57. The fraction of sp³-hybridized carbons (Fsp3) is 0.421. The highest BCUT2D eigenvalue weighted by Crippen LogP contribution is 2.21. The first-order valence-corrected chi connectivity index (χ1v) is 16.6. The molecule has 242 valence electrons. The molecule has 6 rings (SSSR count). The van der Waals surface area contributed by atoms with Gasteiger partial charge >= 0.3 is 11.9 Å². The standard InChI is InChI=1S/C38H44N2O6/c41-37(45-33-15-19-39(27-33)21-25-43-23-17-31-11-5-9-29-7-1-3-13-35(29)31)38(42)46-34-16-20-40(28-34)22-26-44-24-18-32-12-6-10-30-8-2-4-14-36(30)32/h1-14,33-34H,15-28H2. The van der Waals surface area contributed by atoms with Crippen molar-refractivity contribution in [2.24, 2.45) is 0 Å². The van der Waals surface area contributed by atoms with E-state index >= 15 is 0 Å². The van der Waals surface area contributed by atoms with Crippen LogP contribution in [-0.4, -0.2) is 99.6 Å². The number of hydrogen-bond donors (Lipinski definition) is 0. The van der Waals surface area contributed by atoms with Crippen LogP contribution in [0.1, 0.15) is 24.0 Å². The quantitative estimate of drug-likeness (QED) is 0.110. The van der Waals surface area contributed by atoms with E-state index in [1.807, 2.05) is 0 Å². The Balaban J connectivity index is 0.813. The van der Waals surface area contributed by atoms with Crippen LogP contribution >= 0.6 is 0 Å². The summed E-state index contributed by atoms with van der Waals surface area (Å²) in [5, 5.41) is 5.04. The van der Waals surface area contributed by atoms with Gasteiger partial charge in [-0.1, -0.05) is 84.9 Å². The van der Waals surface area contributed by atoms with Gasteiger partial charge < -0.3 is 18.9 Å². The number of likely N-dealkylation sites (tertiary alicyclic amines) is 2. The van der Waals surface area contributed by atoms with Gasteiger partial charge in [0.1, 0.15) is 12.2 Å². The molecule has 0 radical (unpaired) electrons. The van der Waals surface area contributed by atoms with Crippen molar-refractivity contribution < 1.29 is 28.5 Å². The minimum absolute atomic E-state index is 0.304. The number of ether oxygens (including phenoxy) is 4. The average molecular weight is 625 g/mol. The van der Waals surface area contributed by atoms with E-state index in [-0.39, 0.29) is 12.2 Å². The summed E-state index contributed by atoms with van der Waals surface area (Å²) in [6.45, 7) is 6.88. The van der Waals surface area contributed by atoms with Crippen LogP contribution in [-0.2, 0) is 41.4 Å². The lowest BCUT2D eigenvalue weighted by atomic mass is 10.0. The number of rotatable bonds is 14. The molecule has 4 aromatic rings. The summed E-state index contributed by atoms with van der Waals surface area (Å²) >= 11 is 0. The van der Waals surface area contributed by atoms with E-state index in [0.29, 0.717) is 52.4 Å². The third kappa shape index (κ3) is 8.70. The number of carbonyl (C=O) groups excluding carboxylic acids is 2. The molecule has 0 aliphatic carbocycles. The second-order valence-corrected chi connectivity index (χ2v) is 12.2. The molecule has 2 unspecified atom stereocenters. The van der Waals surface area contributed by atoms with E-state index < -0.39 is 11.9 Å². The van der Waals surface area contributed by atoms with Crippen molar-refractivity contribution in [3.05, 3.63) is 96.1 Å². The summed E-state index contributed by atoms with van der Waals surface area (Å²) in [5.41, 5.74) is 2.59. The van der Waals surface area contributed by atoms with Crippen LogP contribution in [0, 0.1) is 0 Å². The maximum atomic E-state index is 12.5. The molecule has 8 heteroatoms. The number of fused-ring (bicyclic) bond motifs is 2. The molecule has 46 heavy (non-hydrogen) atoms. The molecule has 0 saturated carbocycles. The number of nitrogens with zero attached hydrogens (tertiary/aromatic N) is 2. The van der Waals surface area contributed by atoms with Crippen molar-refractivity contribution in [2.45, 2.75) is 37.9 Å². The van der Waals surface area contributed by atoms with Crippen molar-refractivity contribution in [2.75, 3.05) is 65.7 Å². The molecule has 4 aromatic carbocycles. The van der Waals surface area contributed by atoms with Crippen molar-refractivity contribution in [3.63, 3.8) is 0 Å². The van der Waals surface area contributed by atoms with Gasteiger partial charge in [0.05, 0.1) is 26.4 Å². The molecule has 0 aromatic heterocycles. The highest BCUT2D eigenvalue weighted by Gasteiger charge is 2.32. The Morgan fingerprint density at radius 3 is 1.48 bits per heavy atom. The molecule has 2 aliphatic rings. The van der Waals surface area contributed by atoms with E-state index in [2.05, 4.69) is 94.7 Å². The maximum Gasteiger partial charge on any atom is 0.417 e. The van der Waals surface area contributed by atoms with Gasteiger partial charge in [-0.2, -0.15) is 0 Å². The van der Waals surface area contributed by atoms with Gasteiger partial charge in [0.2, 0.25) is 0 Å². The predicted octanol–water partition coefficient (Wildman–Crippen LogP) is 5.05. The summed E-state index contributed by atoms with van der Waals surface area (Å²) in [6, 6.07) is 29.6. The largest absolute Gasteiger partial charge is 0.453 e. The maximum absolute atomic E-state index is 12.5. The van der Waals surface area contributed by atoms with E-state index in [4.69, 9.17) is 18.9 Å². The monoisotopic (exact) mass is 624 g/mol. The number of esters is 2. The van der Waals surface area contributed by atoms with Crippen LogP contribution in [0.2, 0.25) is 0 Å². The predicted molar refractivity (Wildman–Crippen MR) is 179 cm³/mol. The normalized spacial score (nSPS) is 18.8. The summed E-state index contributed by atoms with van der Waals surface area (Å²) in [5.74, 6) is -1.79. The Labute approximate surface area is 271 Å². The Hall–Kier alpha value is -3.82. The second-order valence-electron chi connectivity index (χ2n) is 12.2. The van der Waals surface area contributed by atoms with Crippen LogP contribution in [0.3, 0.4) is 0 Å². The van der Waals surface area contributed by atoms with Crippen molar-refractivity contribution >= 4 is 33.5 Å². The van der Waals surface area contributed by atoms with Crippen LogP contribution in [0.5, 0.6) is 0 Å². The zero-order valence-electron chi connectivity index (χ0n) is 26.5. The van der Waals surface area contributed by atoms with Gasteiger partial charge in [0.25, 0.3) is 0 Å². The third-order valence-electron chi connectivity index (χ3n) is 9.07. The van der Waals surface area contributed by atoms with Gasteiger partial charge in [-0.05, 0) is 58.4 Å². The molecule has 0 amide bonds. The lowest BCUT2D eigenvalue weighted by molar-refractivity contribution is -0.173. The molecule has 8 nitrogen and oxygen atoms in total. The van der Waals surface area contributed by atoms with E-state index in [1.165, 1.54) is 32.7 Å². The van der Waals surface area contributed by atoms with Gasteiger partial charge in [-0.25, -0.2) is 9.59 Å². The molecular weight excluding hydrogens is 580 g/mol. The Kier molecular flexibility index (Phi) is 11.3. The SMILES string of the molecule is O=C(OC1CCN(CCOCCc2cccc3ccccc23)C1)C(=O)OC1CCN(CCOCCc2cccc3ccccc23)C1. The topological polar surface area (TPSA) is 77.5 Å². The average Bonchev–Trinajstić information content (AvgIpc) is 3.73. The van der Waals surface area contributed by atoms with E-state index in [9.17, 15) is 9.59 Å². The first-order chi connectivity index (χ1) is 22.6. The van der Waals surface area contributed by atoms with Crippen LogP contribution < -0.4 is 0 Å². The van der Waals surface area contributed by atoms with Gasteiger partial charge in [0, 0.05) is 39.3 Å². The van der Waals surface area contributed by atoms with Crippen LogP contribution in [0.15, 0.2) is 84.9 Å². The van der Waals surface area contributed by atoms with Gasteiger partial charge in [0.15, 0.2) is 0 Å². The van der Waals surface area contributed by atoms with Crippen molar-refractivity contribution in [3.8, 4) is 0 Å². The molecule has 2 atom stereocenters. The Morgan fingerprint density at radius 2 is 1.00 bits per heavy atom. The molecule has 2 saturated heterocycles. The smallest absolute Gasteiger partial charge is 0.417 e. The molecule has 2 fully saturated rings. The van der Waals surface area contributed by atoms with Crippen molar-refractivity contribution in [1.82, 2.24) is 9.80 Å². The summed E-state index contributed by atoms with van der Waals surface area (Å²) in [6.07, 6.45) is 2.52. The van der Waals surface area contributed by atoms with E-state index in [1.54, 1.807) is 0 Å². The van der Waals surface area contributed by atoms with Crippen LogP contribution in [0.4, 0.5) is 0 Å². The highest BCUT2D eigenvalue weighted by atomic mass is 16.6. The molecule has 2 heterocycles. The Bertz CT molecular complexity index is 1480. The third-order valence-corrected chi connectivity index (χ3v) is 9.07. The number of benzene rings is 4. The molecule has 0 N–H and O–H groups in total. The zero-order valence-corrected chi connectivity index (χ0v) is 26.5. The number of hydrogen-bond acceptors (Lipinski definition) is 8. The minimum Gasteiger partial charge on any atom is -0.453 e. The summed E-state index contributed by atoms with van der Waals surface area (Å²) < 4.78 is 22.8. The first-order valence-electron chi connectivity index (χ1n) is 16.6. The minimum atomic E-state index is -0.895. The lowest BCUT2D eigenvalue weighted by Gasteiger charge is -2.17. The number of carbonyl (C=O) groups is 2. The zero-order chi connectivity index (χ0) is 31.6. The second kappa shape index (κ2) is 16.1. The van der Waals surface area contributed by atoms with E-state index in [0.717, 1.165) is 39.0 Å². The fourth-order valence-electron chi connectivity index (χ4n) is 6.57. The van der Waals surface area contributed by atoms with Crippen LogP contribution in [0.25, 0.3) is 21.5 Å². The summed E-state index contributed by atoms with van der Waals surface area (Å²) in [7, 11) is 0. The summed E-state index contributed by atoms with van der Waals surface area (Å²) in [4.78, 5) is 29.4. The van der Waals surface area contributed by atoms with Crippen molar-refractivity contribution in [1.29, 1.82) is 0 Å². The van der Waals surface area contributed by atoms with Gasteiger partial charge in [-0.15, -0.1) is 0 Å². The molecule has 2 aliphatic heterocycles. The lowest BCUT2D eigenvalue weighted by Crippen LogP contribution is -2.33. The molecule has 0 bridgehead atoms.